The van der Waals surface area contributed by atoms with E-state index in [1.165, 1.54) is 0 Å². The first kappa shape index (κ1) is 22.4. The molecule has 0 spiro atoms. The van der Waals surface area contributed by atoms with Gasteiger partial charge in [-0.1, -0.05) is 19.1 Å². The van der Waals surface area contributed by atoms with Crippen molar-refractivity contribution in [2.75, 3.05) is 13.7 Å². The number of imidazole rings is 1. The number of benzene rings is 1. The molecule has 4 aromatic heterocycles. The van der Waals surface area contributed by atoms with Crippen molar-refractivity contribution in [2.24, 2.45) is 7.05 Å². The van der Waals surface area contributed by atoms with E-state index < -0.39 is 0 Å². The lowest BCUT2D eigenvalue weighted by molar-refractivity contribution is 0.316. The molecule has 0 aliphatic heterocycles. The molecular formula is C26H26N6O3. The third-order valence-electron chi connectivity index (χ3n) is 5.89. The predicted molar refractivity (Wildman–Crippen MR) is 133 cm³/mol. The van der Waals surface area contributed by atoms with Crippen molar-refractivity contribution in [2.45, 2.75) is 20.3 Å². The van der Waals surface area contributed by atoms with Crippen LogP contribution in [0.2, 0.25) is 0 Å². The normalized spacial score (nSPS) is 11.2. The Morgan fingerprint density at radius 3 is 2.63 bits per heavy atom. The second-order valence-corrected chi connectivity index (χ2v) is 8.19. The van der Waals surface area contributed by atoms with Crippen LogP contribution in [-0.2, 0) is 7.05 Å². The number of hydrogen-bond donors (Lipinski definition) is 1. The van der Waals surface area contributed by atoms with Gasteiger partial charge in [-0.25, -0.2) is 9.50 Å². The number of rotatable bonds is 7. The molecule has 0 aliphatic rings. The highest BCUT2D eigenvalue weighted by molar-refractivity contribution is 5.96. The summed E-state index contributed by atoms with van der Waals surface area (Å²) in [4.78, 5) is 13.4. The number of hydrogen-bond acceptors (Lipinski definition) is 7. The molecule has 0 atom stereocenters. The van der Waals surface area contributed by atoms with Crippen LogP contribution in [0.3, 0.4) is 0 Å². The fraction of sp³-hybridized carbons (Fsp3) is 0.231. The van der Waals surface area contributed by atoms with Crippen LogP contribution in [-0.4, -0.2) is 48.0 Å². The van der Waals surface area contributed by atoms with Crippen LogP contribution in [0.5, 0.6) is 17.4 Å². The maximum absolute atomic E-state index is 11.1. The SMILES string of the molecule is CCCOc1ccc(-c2c(-c3cccc(OC)c3C)cn3nc(-c4nccn4C)nc(O)c23)nc1. The maximum atomic E-state index is 11.1. The molecule has 35 heavy (non-hydrogen) atoms. The molecule has 0 fully saturated rings. The first-order valence-corrected chi connectivity index (χ1v) is 11.3. The number of fused-ring (bicyclic) bond motifs is 1. The van der Waals surface area contributed by atoms with Crippen LogP contribution in [0.15, 0.2) is 55.1 Å². The molecule has 0 bridgehead atoms. The van der Waals surface area contributed by atoms with E-state index in [-0.39, 0.29) is 5.88 Å². The highest BCUT2D eigenvalue weighted by atomic mass is 16.5. The van der Waals surface area contributed by atoms with Crippen molar-refractivity contribution in [3.05, 3.63) is 60.7 Å². The molecule has 0 amide bonds. The number of pyridine rings is 1. The predicted octanol–water partition coefficient (Wildman–Crippen LogP) is 4.67. The molecule has 5 rings (SSSR count). The molecule has 0 radical (unpaired) electrons. The lowest BCUT2D eigenvalue weighted by Crippen LogP contribution is -2.02. The smallest absolute Gasteiger partial charge is 0.240 e. The number of methoxy groups -OCH3 is 1. The Morgan fingerprint density at radius 2 is 1.94 bits per heavy atom. The zero-order valence-electron chi connectivity index (χ0n) is 20.1. The maximum Gasteiger partial charge on any atom is 0.240 e. The lowest BCUT2D eigenvalue weighted by atomic mass is 9.96. The number of aromatic nitrogens is 6. The number of aromatic hydroxyl groups is 1. The fourth-order valence-corrected chi connectivity index (χ4v) is 4.16. The first-order valence-electron chi connectivity index (χ1n) is 11.3. The van der Waals surface area contributed by atoms with E-state index in [0.717, 1.165) is 28.9 Å². The first-order chi connectivity index (χ1) is 17.0. The van der Waals surface area contributed by atoms with Crippen LogP contribution in [0.4, 0.5) is 0 Å². The molecule has 0 aliphatic carbocycles. The van der Waals surface area contributed by atoms with E-state index in [2.05, 4.69) is 27.0 Å². The summed E-state index contributed by atoms with van der Waals surface area (Å²) in [5.74, 6) is 2.16. The summed E-state index contributed by atoms with van der Waals surface area (Å²) in [6.45, 7) is 4.68. The van der Waals surface area contributed by atoms with Gasteiger partial charge in [0.1, 0.15) is 17.0 Å². The van der Waals surface area contributed by atoms with E-state index in [1.54, 1.807) is 34.8 Å². The number of nitrogens with zero attached hydrogens (tertiary/aromatic N) is 6. The van der Waals surface area contributed by atoms with E-state index in [0.29, 0.717) is 40.8 Å². The van der Waals surface area contributed by atoms with Gasteiger partial charge in [0, 0.05) is 36.8 Å². The molecule has 4 heterocycles. The second-order valence-electron chi connectivity index (χ2n) is 8.19. The van der Waals surface area contributed by atoms with Crippen molar-refractivity contribution >= 4 is 5.52 Å². The Balaban J connectivity index is 1.76. The third-order valence-corrected chi connectivity index (χ3v) is 5.89. The Bertz CT molecular complexity index is 1500. The summed E-state index contributed by atoms with van der Waals surface area (Å²) in [5.41, 5.74) is 4.58. The van der Waals surface area contributed by atoms with Crippen LogP contribution in [0.25, 0.3) is 39.5 Å². The Kier molecular flexibility index (Phi) is 5.82. The molecule has 5 aromatic rings. The van der Waals surface area contributed by atoms with Gasteiger partial charge in [-0.2, -0.15) is 4.98 Å². The van der Waals surface area contributed by atoms with Gasteiger partial charge >= 0.3 is 0 Å². The van der Waals surface area contributed by atoms with Gasteiger partial charge in [-0.3, -0.25) is 4.98 Å². The minimum Gasteiger partial charge on any atom is -0.496 e. The fourth-order valence-electron chi connectivity index (χ4n) is 4.16. The molecule has 9 heteroatoms. The summed E-state index contributed by atoms with van der Waals surface area (Å²) < 4.78 is 14.7. The van der Waals surface area contributed by atoms with Crippen molar-refractivity contribution in [1.82, 2.24) is 29.1 Å². The van der Waals surface area contributed by atoms with Gasteiger partial charge in [0.25, 0.3) is 0 Å². The molecule has 178 valence electrons. The van der Waals surface area contributed by atoms with Gasteiger partial charge in [-0.05, 0) is 42.7 Å². The average molecular weight is 471 g/mol. The second kappa shape index (κ2) is 9.09. The summed E-state index contributed by atoms with van der Waals surface area (Å²) >= 11 is 0. The van der Waals surface area contributed by atoms with Crippen molar-refractivity contribution in [3.63, 3.8) is 0 Å². The molecule has 0 unspecified atom stereocenters. The highest BCUT2D eigenvalue weighted by Gasteiger charge is 2.23. The topological polar surface area (TPSA) is 99.6 Å². The van der Waals surface area contributed by atoms with Gasteiger partial charge in [0.2, 0.25) is 11.7 Å². The third kappa shape index (κ3) is 3.95. The minimum atomic E-state index is -0.159. The molecule has 1 aromatic carbocycles. The van der Waals surface area contributed by atoms with Crippen LogP contribution >= 0.6 is 0 Å². The van der Waals surface area contributed by atoms with Crippen molar-refractivity contribution < 1.29 is 14.6 Å². The van der Waals surface area contributed by atoms with Gasteiger partial charge < -0.3 is 19.1 Å². The molecule has 9 nitrogen and oxygen atoms in total. The zero-order chi connectivity index (χ0) is 24.5. The summed E-state index contributed by atoms with van der Waals surface area (Å²) in [6, 6.07) is 9.63. The highest BCUT2D eigenvalue weighted by Crippen LogP contribution is 2.42. The monoisotopic (exact) mass is 470 g/mol. The van der Waals surface area contributed by atoms with Crippen LogP contribution < -0.4 is 9.47 Å². The minimum absolute atomic E-state index is 0.159. The van der Waals surface area contributed by atoms with Gasteiger partial charge in [-0.15, -0.1) is 5.10 Å². The van der Waals surface area contributed by atoms with E-state index in [4.69, 9.17) is 9.47 Å². The van der Waals surface area contributed by atoms with Crippen LogP contribution in [0, 0.1) is 6.92 Å². The largest absolute Gasteiger partial charge is 0.496 e. The summed E-state index contributed by atoms with van der Waals surface area (Å²) in [5, 5.41) is 15.8. The van der Waals surface area contributed by atoms with Gasteiger partial charge in [0.15, 0.2) is 5.82 Å². The summed E-state index contributed by atoms with van der Waals surface area (Å²) in [6.07, 6.45) is 7.95. The van der Waals surface area contributed by atoms with E-state index in [9.17, 15) is 5.11 Å². The lowest BCUT2D eigenvalue weighted by Gasteiger charge is -2.12. The van der Waals surface area contributed by atoms with Crippen LogP contribution in [0.1, 0.15) is 18.9 Å². The Labute approximate surface area is 202 Å². The van der Waals surface area contributed by atoms with E-state index >= 15 is 0 Å². The Hall–Kier alpha value is -4.40. The number of ether oxygens (including phenoxy) is 2. The summed E-state index contributed by atoms with van der Waals surface area (Å²) in [7, 11) is 3.50. The quantitative estimate of drug-likeness (QED) is 0.369. The molecule has 0 saturated heterocycles. The standard InChI is InChI=1S/C26H26N6O3/c1-5-13-35-17-9-10-20(28-14-17)22-19(18-7-6-8-21(34-4)16(18)2)15-32-23(22)26(33)29-24(30-32)25-27-11-12-31(25)3/h6-12,14-15H,5,13H2,1-4H3,(H,29,30,33). The number of aryl methyl sites for hydroxylation is 1. The molecular weight excluding hydrogens is 444 g/mol. The zero-order valence-corrected chi connectivity index (χ0v) is 20.1. The van der Waals surface area contributed by atoms with Gasteiger partial charge in [0.05, 0.1) is 25.6 Å². The van der Waals surface area contributed by atoms with Crippen molar-refractivity contribution in [3.8, 4) is 51.4 Å². The van der Waals surface area contributed by atoms with Crippen molar-refractivity contribution in [1.29, 1.82) is 0 Å². The molecule has 0 saturated carbocycles. The average Bonchev–Trinajstić information content (AvgIpc) is 3.47. The molecule has 1 N–H and O–H groups in total. The van der Waals surface area contributed by atoms with E-state index in [1.807, 2.05) is 50.5 Å². The Morgan fingerprint density at radius 1 is 1.09 bits per heavy atom.